The van der Waals surface area contributed by atoms with Crippen LogP contribution < -0.4 is 15.8 Å². The fraction of sp³-hybridized carbons (Fsp3) is 0.364. The number of carbonyl (C=O) groups excluding carboxylic acids is 1. The Labute approximate surface area is 103 Å². The predicted octanol–water partition coefficient (Wildman–Crippen LogP) is 1.93. The van der Waals surface area contributed by atoms with E-state index >= 15 is 0 Å². The normalized spacial score (nSPS) is 10.2. The average molecular weight is 287 g/mol. The van der Waals surface area contributed by atoms with Gasteiger partial charge in [0.2, 0.25) is 0 Å². The van der Waals surface area contributed by atoms with Gasteiger partial charge >= 0.3 is 0 Å². The van der Waals surface area contributed by atoms with Crippen LogP contribution in [0.4, 0.5) is 5.69 Å². The monoisotopic (exact) mass is 286 g/mol. The molecule has 3 N–H and O–H groups in total. The lowest BCUT2D eigenvalue weighted by atomic mass is 10.3. The predicted molar refractivity (Wildman–Crippen MR) is 67.3 cm³/mol. The fourth-order valence-corrected chi connectivity index (χ4v) is 1.65. The topological polar surface area (TPSA) is 64.3 Å². The minimum Gasteiger partial charge on any atom is -0.483 e. The number of carbonyl (C=O) groups is 1. The van der Waals surface area contributed by atoms with Crippen molar-refractivity contribution >= 4 is 27.5 Å². The molecule has 0 heterocycles. The maximum Gasteiger partial charge on any atom is 0.258 e. The minimum absolute atomic E-state index is 0.000693. The third kappa shape index (κ3) is 4.10. The van der Waals surface area contributed by atoms with Crippen LogP contribution in [-0.2, 0) is 4.79 Å². The van der Waals surface area contributed by atoms with Crippen LogP contribution in [0.5, 0.6) is 5.75 Å². The van der Waals surface area contributed by atoms with Crippen molar-refractivity contribution in [1.82, 2.24) is 5.32 Å². The molecule has 16 heavy (non-hydrogen) atoms. The zero-order valence-corrected chi connectivity index (χ0v) is 10.9. The van der Waals surface area contributed by atoms with Gasteiger partial charge in [-0.15, -0.1) is 0 Å². The van der Waals surface area contributed by atoms with Gasteiger partial charge in [-0.2, -0.15) is 0 Å². The summed E-state index contributed by atoms with van der Waals surface area (Å²) in [6.07, 6.45) is 0. The number of anilines is 1. The Morgan fingerprint density at radius 3 is 2.81 bits per heavy atom. The lowest BCUT2D eigenvalue weighted by Crippen LogP contribution is -2.34. The highest BCUT2D eigenvalue weighted by Crippen LogP contribution is 2.26. The number of nitrogens with two attached hydrogens (primary N) is 1. The van der Waals surface area contributed by atoms with E-state index in [2.05, 4.69) is 21.2 Å². The van der Waals surface area contributed by atoms with Crippen LogP contribution >= 0.6 is 15.9 Å². The molecule has 0 fully saturated rings. The molecule has 1 rings (SSSR count). The molecule has 88 valence electrons. The van der Waals surface area contributed by atoms with Crippen LogP contribution in [0.3, 0.4) is 0 Å². The molecule has 1 amide bonds. The summed E-state index contributed by atoms with van der Waals surface area (Å²) in [5.74, 6) is 0.465. The SMILES string of the molecule is CC(C)NC(=O)COc1ccc(N)cc1Br. The molecule has 0 saturated carbocycles. The van der Waals surface area contributed by atoms with Crippen LogP contribution in [0, 0.1) is 0 Å². The smallest absolute Gasteiger partial charge is 0.258 e. The van der Waals surface area contributed by atoms with E-state index in [1.807, 2.05) is 13.8 Å². The van der Waals surface area contributed by atoms with Crippen LogP contribution in [0.15, 0.2) is 22.7 Å². The van der Waals surface area contributed by atoms with Gasteiger partial charge in [0.1, 0.15) is 5.75 Å². The van der Waals surface area contributed by atoms with Crippen LogP contribution in [0.25, 0.3) is 0 Å². The van der Waals surface area contributed by atoms with Gasteiger partial charge in [-0.05, 0) is 48.0 Å². The highest BCUT2D eigenvalue weighted by Gasteiger charge is 2.06. The van der Waals surface area contributed by atoms with E-state index in [0.29, 0.717) is 11.4 Å². The molecule has 0 aliphatic carbocycles. The molecule has 1 aromatic rings. The zero-order chi connectivity index (χ0) is 12.1. The molecule has 0 spiro atoms. The second-order valence-electron chi connectivity index (χ2n) is 3.70. The first kappa shape index (κ1) is 12.8. The van der Waals surface area contributed by atoms with Gasteiger partial charge < -0.3 is 15.8 Å². The molecule has 0 aliphatic heterocycles. The van der Waals surface area contributed by atoms with Gasteiger partial charge in [-0.25, -0.2) is 0 Å². The Morgan fingerprint density at radius 2 is 2.25 bits per heavy atom. The summed E-state index contributed by atoms with van der Waals surface area (Å²) in [7, 11) is 0. The Balaban J connectivity index is 2.51. The summed E-state index contributed by atoms with van der Waals surface area (Å²) in [5, 5.41) is 2.74. The Kier molecular flexibility index (Phi) is 4.61. The molecular weight excluding hydrogens is 272 g/mol. The number of ether oxygens (including phenoxy) is 1. The summed E-state index contributed by atoms with van der Waals surface area (Å²) in [4.78, 5) is 11.3. The highest BCUT2D eigenvalue weighted by molar-refractivity contribution is 9.10. The molecular formula is C11H15BrN2O2. The lowest BCUT2D eigenvalue weighted by Gasteiger charge is -2.10. The second kappa shape index (κ2) is 5.75. The number of hydrogen-bond acceptors (Lipinski definition) is 3. The van der Waals surface area contributed by atoms with Crippen molar-refractivity contribution in [3.63, 3.8) is 0 Å². The third-order valence-corrected chi connectivity index (χ3v) is 2.38. The molecule has 0 radical (unpaired) electrons. The third-order valence-electron chi connectivity index (χ3n) is 1.76. The largest absolute Gasteiger partial charge is 0.483 e. The van der Waals surface area contributed by atoms with Gasteiger partial charge in [0.25, 0.3) is 5.91 Å². The van der Waals surface area contributed by atoms with Crippen molar-refractivity contribution in [2.45, 2.75) is 19.9 Å². The van der Waals surface area contributed by atoms with Crippen molar-refractivity contribution in [3.05, 3.63) is 22.7 Å². The summed E-state index contributed by atoms with van der Waals surface area (Å²) >= 11 is 3.31. The average Bonchev–Trinajstić information content (AvgIpc) is 2.15. The van der Waals surface area contributed by atoms with E-state index in [1.54, 1.807) is 18.2 Å². The van der Waals surface area contributed by atoms with Crippen molar-refractivity contribution < 1.29 is 9.53 Å². The van der Waals surface area contributed by atoms with E-state index in [1.165, 1.54) is 0 Å². The number of amides is 1. The minimum atomic E-state index is -0.140. The second-order valence-corrected chi connectivity index (χ2v) is 4.56. The molecule has 0 atom stereocenters. The number of nitrogens with one attached hydrogen (secondary N) is 1. The highest BCUT2D eigenvalue weighted by atomic mass is 79.9. The maximum atomic E-state index is 11.3. The summed E-state index contributed by atoms with van der Waals surface area (Å²) in [6.45, 7) is 3.80. The van der Waals surface area contributed by atoms with E-state index in [0.717, 1.165) is 4.47 Å². The molecule has 0 aromatic heterocycles. The van der Waals surface area contributed by atoms with E-state index in [-0.39, 0.29) is 18.6 Å². The van der Waals surface area contributed by atoms with E-state index < -0.39 is 0 Å². The molecule has 5 heteroatoms. The summed E-state index contributed by atoms with van der Waals surface area (Å²) < 4.78 is 6.08. The number of rotatable bonds is 4. The van der Waals surface area contributed by atoms with Gasteiger partial charge in [0.15, 0.2) is 6.61 Å². The zero-order valence-electron chi connectivity index (χ0n) is 9.29. The van der Waals surface area contributed by atoms with Crippen LogP contribution in [-0.4, -0.2) is 18.6 Å². The molecule has 0 aliphatic rings. The Hall–Kier alpha value is -1.23. The molecule has 0 bridgehead atoms. The number of benzene rings is 1. The van der Waals surface area contributed by atoms with Crippen molar-refractivity contribution in [2.24, 2.45) is 0 Å². The molecule has 0 unspecified atom stereocenters. The van der Waals surface area contributed by atoms with Gasteiger partial charge in [0.05, 0.1) is 4.47 Å². The summed E-state index contributed by atoms with van der Waals surface area (Å²) in [6, 6.07) is 5.30. The van der Waals surface area contributed by atoms with Crippen molar-refractivity contribution in [3.8, 4) is 5.75 Å². The van der Waals surface area contributed by atoms with Gasteiger partial charge in [-0.3, -0.25) is 4.79 Å². The molecule has 1 aromatic carbocycles. The van der Waals surface area contributed by atoms with Gasteiger partial charge in [0, 0.05) is 11.7 Å². The molecule has 4 nitrogen and oxygen atoms in total. The van der Waals surface area contributed by atoms with Gasteiger partial charge in [-0.1, -0.05) is 0 Å². The standard InChI is InChI=1S/C11H15BrN2O2/c1-7(2)14-11(15)6-16-10-4-3-8(13)5-9(10)12/h3-5,7H,6,13H2,1-2H3,(H,14,15). The number of halogens is 1. The number of nitrogen functional groups attached to an aromatic ring is 1. The Morgan fingerprint density at radius 1 is 1.56 bits per heavy atom. The fourth-order valence-electron chi connectivity index (χ4n) is 1.14. The first-order chi connectivity index (χ1) is 7.49. The van der Waals surface area contributed by atoms with Crippen molar-refractivity contribution in [1.29, 1.82) is 0 Å². The first-order valence-electron chi connectivity index (χ1n) is 4.96. The van der Waals surface area contributed by atoms with E-state index in [9.17, 15) is 4.79 Å². The maximum absolute atomic E-state index is 11.3. The quantitative estimate of drug-likeness (QED) is 0.832. The Bertz CT molecular complexity index is 380. The molecule has 0 saturated heterocycles. The summed E-state index contributed by atoms with van der Waals surface area (Å²) in [5.41, 5.74) is 6.23. The number of hydrogen-bond donors (Lipinski definition) is 2. The van der Waals surface area contributed by atoms with E-state index in [4.69, 9.17) is 10.5 Å². The van der Waals surface area contributed by atoms with Crippen LogP contribution in [0.1, 0.15) is 13.8 Å². The lowest BCUT2D eigenvalue weighted by molar-refractivity contribution is -0.123. The first-order valence-corrected chi connectivity index (χ1v) is 5.75. The van der Waals surface area contributed by atoms with Crippen molar-refractivity contribution in [2.75, 3.05) is 12.3 Å². The van der Waals surface area contributed by atoms with Crippen LogP contribution in [0.2, 0.25) is 0 Å².